The van der Waals surface area contributed by atoms with E-state index in [1.807, 2.05) is 31.2 Å². The largest absolute Gasteiger partial charge is 0.486 e. The number of carbonyl (C=O) groups excluding carboxylic acids is 1. The van der Waals surface area contributed by atoms with E-state index in [1.54, 1.807) is 24.1 Å². The first-order valence-electron chi connectivity index (χ1n) is 7.84. The van der Waals surface area contributed by atoms with Crippen molar-refractivity contribution in [1.29, 1.82) is 0 Å². The lowest BCUT2D eigenvalue weighted by Crippen LogP contribution is -2.33. The molecule has 0 saturated heterocycles. The number of anilines is 1. The number of halogens is 2. The second-order valence-corrected chi connectivity index (χ2v) is 7.04. The molecule has 0 saturated carbocycles. The summed E-state index contributed by atoms with van der Waals surface area (Å²) in [6.45, 7) is 2.98. The van der Waals surface area contributed by atoms with Crippen molar-refractivity contribution in [2.24, 2.45) is 0 Å². The van der Waals surface area contributed by atoms with Gasteiger partial charge in [-0.25, -0.2) is 4.79 Å². The molecule has 3 rings (SSSR count). The number of fused-ring (bicyclic) bond motifs is 1. The molecule has 2 aromatic rings. The van der Waals surface area contributed by atoms with E-state index in [9.17, 15) is 4.79 Å². The van der Waals surface area contributed by atoms with Gasteiger partial charge in [0.05, 0.1) is 11.7 Å². The van der Waals surface area contributed by atoms with Crippen LogP contribution in [0.1, 0.15) is 18.5 Å². The van der Waals surface area contributed by atoms with Crippen molar-refractivity contribution < 1.29 is 14.3 Å². The molecule has 0 aliphatic carbocycles. The minimum atomic E-state index is -0.222. The van der Waals surface area contributed by atoms with Crippen LogP contribution in [0.3, 0.4) is 0 Å². The molecule has 2 aromatic carbocycles. The summed E-state index contributed by atoms with van der Waals surface area (Å²) in [5, 5.41) is 3.57. The van der Waals surface area contributed by atoms with Crippen LogP contribution in [0.4, 0.5) is 10.5 Å². The molecular weight excluding hydrogens is 408 g/mol. The quantitative estimate of drug-likeness (QED) is 0.744. The summed E-state index contributed by atoms with van der Waals surface area (Å²) in [5.74, 6) is 1.29. The Kier molecular flexibility index (Phi) is 5.39. The van der Waals surface area contributed by atoms with Crippen LogP contribution in [-0.4, -0.2) is 31.2 Å². The Balaban J connectivity index is 1.74. The Morgan fingerprint density at radius 3 is 2.44 bits per heavy atom. The monoisotopic (exact) mass is 424 g/mol. The smallest absolute Gasteiger partial charge is 0.322 e. The van der Waals surface area contributed by atoms with Gasteiger partial charge < -0.3 is 19.7 Å². The first-order valence-corrected chi connectivity index (χ1v) is 9.01. The van der Waals surface area contributed by atoms with Gasteiger partial charge in [0.15, 0.2) is 11.5 Å². The van der Waals surface area contributed by atoms with Gasteiger partial charge in [-0.2, -0.15) is 0 Å². The standard InChI is InChI=1S/C18H18BrClN2O3/c1-11(12-3-5-13(20)6-4-12)22(2)18(23)21-15-10-17-16(9-14(15)19)24-7-8-25-17/h3-6,9-11H,7-8H2,1-2H3,(H,21,23). The predicted octanol–water partition coefficient (Wildman–Crippen LogP) is 5.10. The van der Waals surface area contributed by atoms with Crippen LogP contribution in [0.15, 0.2) is 40.9 Å². The van der Waals surface area contributed by atoms with Crippen LogP contribution in [-0.2, 0) is 0 Å². The van der Waals surface area contributed by atoms with Gasteiger partial charge in [-0.3, -0.25) is 0 Å². The number of hydrogen-bond donors (Lipinski definition) is 1. The maximum atomic E-state index is 12.6. The Morgan fingerprint density at radius 1 is 1.20 bits per heavy atom. The number of benzene rings is 2. The molecule has 132 valence electrons. The second kappa shape index (κ2) is 7.54. The minimum absolute atomic E-state index is 0.103. The molecule has 1 aliphatic heterocycles. The third-order valence-corrected chi connectivity index (χ3v) is 5.04. The van der Waals surface area contributed by atoms with Crippen molar-refractivity contribution in [3.63, 3.8) is 0 Å². The van der Waals surface area contributed by atoms with Gasteiger partial charge in [0, 0.05) is 28.7 Å². The van der Waals surface area contributed by atoms with Crippen LogP contribution in [0.25, 0.3) is 0 Å². The normalized spacial score (nSPS) is 13.9. The molecule has 7 heteroatoms. The molecule has 1 unspecified atom stereocenters. The van der Waals surface area contributed by atoms with Crippen molar-refractivity contribution in [2.75, 3.05) is 25.6 Å². The summed E-state index contributed by atoms with van der Waals surface area (Å²) in [4.78, 5) is 14.2. The van der Waals surface area contributed by atoms with Crippen LogP contribution in [0.2, 0.25) is 5.02 Å². The molecule has 25 heavy (non-hydrogen) atoms. The molecule has 1 N–H and O–H groups in total. The Hall–Kier alpha value is -1.92. The van der Waals surface area contributed by atoms with Crippen LogP contribution < -0.4 is 14.8 Å². The lowest BCUT2D eigenvalue weighted by Gasteiger charge is -2.26. The van der Waals surface area contributed by atoms with Crippen LogP contribution >= 0.6 is 27.5 Å². The van der Waals surface area contributed by atoms with Crippen molar-refractivity contribution in [1.82, 2.24) is 4.90 Å². The van der Waals surface area contributed by atoms with E-state index in [0.717, 1.165) is 10.0 Å². The number of amides is 2. The predicted molar refractivity (Wildman–Crippen MR) is 102 cm³/mol. The molecule has 0 bridgehead atoms. The lowest BCUT2D eigenvalue weighted by molar-refractivity contribution is 0.171. The zero-order valence-electron chi connectivity index (χ0n) is 13.9. The van der Waals surface area contributed by atoms with Gasteiger partial charge in [-0.1, -0.05) is 23.7 Å². The summed E-state index contributed by atoms with van der Waals surface area (Å²) >= 11 is 9.38. The van der Waals surface area contributed by atoms with Crippen molar-refractivity contribution in [3.05, 3.63) is 51.5 Å². The molecule has 5 nitrogen and oxygen atoms in total. The third kappa shape index (κ3) is 4.02. The fraction of sp³-hybridized carbons (Fsp3) is 0.278. The van der Waals surface area contributed by atoms with E-state index in [1.165, 1.54) is 0 Å². The molecule has 0 spiro atoms. The molecule has 0 fully saturated rings. The highest BCUT2D eigenvalue weighted by Gasteiger charge is 2.20. The van der Waals surface area contributed by atoms with Gasteiger partial charge in [0.2, 0.25) is 0 Å². The number of carbonyl (C=O) groups is 1. The third-order valence-electron chi connectivity index (χ3n) is 4.13. The topological polar surface area (TPSA) is 50.8 Å². The summed E-state index contributed by atoms with van der Waals surface area (Å²) in [6, 6.07) is 10.7. The number of nitrogens with one attached hydrogen (secondary N) is 1. The van der Waals surface area contributed by atoms with Crippen molar-refractivity contribution in [3.8, 4) is 11.5 Å². The van der Waals surface area contributed by atoms with Crippen molar-refractivity contribution in [2.45, 2.75) is 13.0 Å². The van der Waals surface area contributed by atoms with Gasteiger partial charge in [-0.05, 0) is 40.5 Å². The Labute approximate surface area is 160 Å². The van der Waals surface area contributed by atoms with Gasteiger partial charge in [0.25, 0.3) is 0 Å². The zero-order chi connectivity index (χ0) is 18.0. The van der Waals surface area contributed by atoms with Crippen LogP contribution in [0.5, 0.6) is 11.5 Å². The fourth-order valence-corrected chi connectivity index (χ4v) is 3.05. The SMILES string of the molecule is CC(c1ccc(Cl)cc1)N(C)C(=O)Nc1cc2c(cc1Br)OCCO2. The van der Waals surface area contributed by atoms with Crippen LogP contribution in [0, 0.1) is 0 Å². The van der Waals surface area contributed by atoms with E-state index < -0.39 is 0 Å². The summed E-state index contributed by atoms with van der Waals surface area (Å²) in [7, 11) is 1.75. The molecule has 1 atom stereocenters. The number of nitrogens with zero attached hydrogens (tertiary/aromatic N) is 1. The minimum Gasteiger partial charge on any atom is -0.486 e. The Morgan fingerprint density at radius 2 is 1.80 bits per heavy atom. The number of urea groups is 1. The van der Waals surface area contributed by atoms with Crippen molar-refractivity contribution >= 4 is 39.2 Å². The van der Waals surface area contributed by atoms with Gasteiger partial charge in [-0.15, -0.1) is 0 Å². The number of ether oxygens (including phenoxy) is 2. The lowest BCUT2D eigenvalue weighted by atomic mass is 10.1. The average Bonchev–Trinajstić information content (AvgIpc) is 2.61. The summed E-state index contributed by atoms with van der Waals surface area (Å²) in [6.07, 6.45) is 0. The molecule has 2 amide bonds. The second-order valence-electron chi connectivity index (χ2n) is 5.74. The van der Waals surface area contributed by atoms with E-state index >= 15 is 0 Å². The average molecular weight is 426 g/mol. The zero-order valence-corrected chi connectivity index (χ0v) is 16.2. The van der Waals surface area contributed by atoms with E-state index in [2.05, 4.69) is 21.2 Å². The maximum Gasteiger partial charge on any atom is 0.322 e. The summed E-state index contributed by atoms with van der Waals surface area (Å²) < 4.78 is 11.8. The fourth-order valence-electron chi connectivity index (χ4n) is 2.50. The maximum absolute atomic E-state index is 12.6. The first kappa shape index (κ1) is 17.9. The molecule has 1 heterocycles. The molecule has 0 radical (unpaired) electrons. The molecule has 1 aliphatic rings. The highest BCUT2D eigenvalue weighted by atomic mass is 79.9. The van der Waals surface area contributed by atoms with E-state index in [4.69, 9.17) is 21.1 Å². The number of hydrogen-bond acceptors (Lipinski definition) is 3. The summed E-state index contributed by atoms with van der Waals surface area (Å²) in [5.41, 5.74) is 1.63. The molecule has 0 aromatic heterocycles. The first-order chi connectivity index (χ1) is 12.0. The molecular formula is C18H18BrClN2O3. The van der Waals surface area contributed by atoms with E-state index in [-0.39, 0.29) is 12.1 Å². The highest BCUT2D eigenvalue weighted by Crippen LogP contribution is 2.38. The number of rotatable bonds is 3. The Bertz CT molecular complexity index is 783. The highest BCUT2D eigenvalue weighted by molar-refractivity contribution is 9.10. The van der Waals surface area contributed by atoms with Gasteiger partial charge in [0.1, 0.15) is 13.2 Å². The van der Waals surface area contributed by atoms with E-state index in [0.29, 0.717) is 35.4 Å². The van der Waals surface area contributed by atoms with Gasteiger partial charge >= 0.3 is 6.03 Å².